The van der Waals surface area contributed by atoms with Crippen LogP contribution in [0, 0.1) is 18.6 Å². The fraction of sp³-hybridized carbons (Fsp3) is 0.419. The van der Waals surface area contributed by atoms with Crippen molar-refractivity contribution in [2.45, 2.75) is 79.3 Å². The number of nitrogens with one attached hydrogen (secondary N) is 1. The highest BCUT2D eigenvalue weighted by Crippen LogP contribution is 2.55. The lowest BCUT2D eigenvalue weighted by Crippen LogP contribution is -2.45. The predicted molar refractivity (Wildman–Crippen MR) is 157 cm³/mol. The van der Waals surface area contributed by atoms with E-state index >= 15 is 8.78 Å². The monoisotopic (exact) mass is 567 g/mol. The second kappa shape index (κ2) is 13.1. The van der Waals surface area contributed by atoms with Crippen molar-refractivity contribution in [3.05, 3.63) is 65.5 Å². The summed E-state index contributed by atoms with van der Waals surface area (Å²) in [6, 6.07) is 3.12. The Balaban J connectivity index is 0.00000111. The molecule has 3 heterocycles. The maximum atomic E-state index is 15.2. The Morgan fingerprint density at radius 1 is 1.17 bits per heavy atom. The van der Waals surface area contributed by atoms with Crippen molar-refractivity contribution in [2.75, 3.05) is 17.3 Å². The van der Waals surface area contributed by atoms with E-state index in [0.717, 1.165) is 12.0 Å². The number of fused-ring (bicyclic) bond motifs is 2. The van der Waals surface area contributed by atoms with Gasteiger partial charge in [-0.15, -0.1) is 0 Å². The normalized spacial score (nSPS) is 14.3. The maximum Gasteiger partial charge on any atom is 0.247 e. The van der Waals surface area contributed by atoms with E-state index < -0.39 is 22.7 Å². The molecule has 2 aromatic heterocycles. The third-order valence-corrected chi connectivity index (χ3v) is 7.01. The Kier molecular flexibility index (Phi) is 10.0. The second-order valence-electron chi connectivity index (χ2n) is 9.40. The quantitative estimate of drug-likeness (QED) is 0.321. The van der Waals surface area contributed by atoms with Gasteiger partial charge in [0.15, 0.2) is 17.4 Å². The van der Waals surface area contributed by atoms with Crippen LogP contribution in [0.5, 0.6) is 5.75 Å². The smallest absolute Gasteiger partial charge is 0.247 e. The van der Waals surface area contributed by atoms with E-state index in [4.69, 9.17) is 4.74 Å². The highest BCUT2D eigenvalue weighted by molar-refractivity contribution is 6.06. The summed E-state index contributed by atoms with van der Waals surface area (Å²) in [5.41, 5.74) is 2.03. The Bertz CT molecular complexity index is 1450. The van der Waals surface area contributed by atoms with E-state index in [1.165, 1.54) is 31.1 Å². The molecule has 8 nitrogen and oxygen atoms in total. The molecule has 1 N–H and O–H groups in total. The zero-order valence-corrected chi connectivity index (χ0v) is 24.9. The number of hydrogen-bond donors (Lipinski definition) is 1. The summed E-state index contributed by atoms with van der Waals surface area (Å²) in [7, 11) is 1.30. The van der Waals surface area contributed by atoms with Crippen LogP contribution in [-0.4, -0.2) is 33.7 Å². The van der Waals surface area contributed by atoms with Crippen LogP contribution in [0.3, 0.4) is 0 Å². The van der Waals surface area contributed by atoms with Crippen molar-refractivity contribution in [2.24, 2.45) is 0 Å². The fourth-order valence-electron chi connectivity index (χ4n) is 5.01. The highest BCUT2D eigenvalue weighted by atomic mass is 19.1. The first-order chi connectivity index (χ1) is 19.7. The van der Waals surface area contributed by atoms with E-state index in [1.54, 1.807) is 17.1 Å². The van der Waals surface area contributed by atoms with Gasteiger partial charge in [-0.1, -0.05) is 41.2 Å². The van der Waals surface area contributed by atoms with Crippen molar-refractivity contribution < 1.29 is 23.1 Å². The van der Waals surface area contributed by atoms with Crippen molar-refractivity contribution in [3.63, 3.8) is 0 Å². The van der Waals surface area contributed by atoms with Gasteiger partial charge < -0.3 is 15.0 Å². The molecule has 10 heteroatoms. The van der Waals surface area contributed by atoms with Crippen LogP contribution in [0.25, 0.3) is 11.4 Å². The van der Waals surface area contributed by atoms with Crippen LogP contribution in [0.2, 0.25) is 0 Å². The predicted octanol–water partition coefficient (Wildman–Crippen LogP) is 6.71. The number of rotatable bonds is 7. The first-order valence-electron chi connectivity index (χ1n) is 14.1. The van der Waals surface area contributed by atoms with Crippen LogP contribution >= 0.6 is 0 Å². The summed E-state index contributed by atoms with van der Waals surface area (Å²) in [6.45, 7) is 15.6. The number of halogens is 2. The molecule has 5 rings (SSSR count). The molecule has 0 radical (unpaired) electrons. The number of pyridine rings is 1. The molecule has 3 aromatic rings. The first-order valence-corrected chi connectivity index (χ1v) is 14.1. The Labute approximate surface area is 240 Å². The summed E-state index contributed by atoms with van der Waals surface area (Å²) < 4.78 is 37.3. The molecule has 1 aliphatic carbocycles. The molecule has 0 bridgehead atoms. The molecule has 41 heavy (non-hydrogen) atoms. The van der Waals surface area contributed by atoms with Gasteiger partial charge in [0.25, 0.3) is 0 Å². The number of methoxy groups -OCH3 is 1. The number of amides is 2. The number of benzene rings is 1. The van der Waals surface area contributed by atoms with E-state index in [1.807, 2.05) is 40.7 Å². The molecule has 1 spiro atoms. The summed E-state index contributed by atoms with van der Waals surface area (Å²) >= 11 is 0. The van der Waals surface area contributed by atoms with Gasteiger partial charge in [0.1, 0.15) is 11.4 Å². The minimum Gasteiger partial charge on any atom is -0.494 e. The average Bonchev–Trinajstić information content (AvgIpc) is 3.71. The first kappa shape index (κ1) is 31.4. The largest absolute Gasteiger partial charge is 0.494 e. The van der Waals surface area contributed by atoms with Gasteiger partial charge in [-0.3, -0.25) is 19.3 Å². The highest BCUT2D eigenvalue weighted by Gasteiger charge is 2.57. The SMILES string of the molecule is C=CC(=O)Nc1cnn(CCC)c1-c1cc2c(cn1)CN(c1c(F)c(C)cc(OC)c1F)C(=O)C21CC1.CC.CC. The number of anilines is 2. The molecule has 2 aliphatic rings. The zero-order valence-electron chi connectivity index (χ0n) is 24.9. The van der Waals surface area contributed by atoms with Crippen LogP contribution < -0.4 is 15.0 Å². The van der Waals surface area contributed by atoms with Crippen molar-refractivity contribution in [1.29, 1.82) is 0 Å². The van der Waals surface area contributed by atoms with E-state index in [2.05, 4.69) is 22.0 Å². The minimum absolute atomic E-state index is 0.0298. The molecule has 220 valence electrons. The molecule has 1 fully saturated rings. The molecule has 0 unspecified atom stereocenters. The van der Waals surface area contributed by atoms with Gasteiger partial charge in [0.05, 0.1) is 36.6 Å². The van der Waals surface area contributed by atoms with Crippen LogP contribution in [0.15, 0.2) is 37.2 Å². The topological polar surface area (TPSA) is 89.3 Å². The lowest BCUT2D eigenvalue weighted by atomic mass is 9.86. The molecule has 1 saturated carbocycles. The van der Waals surface area contributed by atoms with Crippen LogP contribution in [0.4, 0.5) is 20.2 Å². The molecule has 2 amide bonds. The average molecular weight is 568 g/mol. The Morgan fingerprint density at radius 3 is 2.44 bits per heavy atom. The zero-order chi connectivity index (χ0) is 30.5. The number of nitrogens with zero attached hydrogens (tertiary/aromatic N) is 4. The fourth-order valence-corrected chi connectivity index (χ4v) is 5.01. The van der Waals surface area contributed by atoms with Gasteiger partial charge in [-0.05, 0) is 61.1 Å². The van der Waals surface area contributed by atoms with Crippen LogP contribution in [-0.2, 0) is 28.1 Å². The number of aromatic nitrogens is 3. The van der Waals surface area contributed by atoms with E-state index in [-0.39, 0.29) is 29.7 Å². The molecule has 0 atom stereocenters. The molecule has 0 saturated heterocycles. The van der Waals surface area contributed by atoms with Crippen LogP contribution in [0.1, 0.15) is 70.6 Å². The Hall–Kier alpha value is -4.08. The van der Waals surface area contributed by atoms with Gasteiger partial charge >= 0.3 is 0 Å². The molecular weight excluding hydrogens is 528 g/mol. The standard InChI is InChI=1S/C27H27F2N5O3.2C2H6/c1-5-9-34-24(19(13-31-34)32-21(35)6-2)18-11-17-16(12-30-18)14-33(26(36)27(17)7-8-27)25-22(28)15(3)10-20(37-4)23(25)29;2*1-2/h6,10-13H,2,5,7-9,14H2,1,3-4H3,(H,32,35);2*1-2H3. The Morgan fingerprint density at radius 2 is 1.85 bits per heavy atom. The molecule has 1 aliphatic heterocycles. The second-order valence-corrected chi connectivity index (χ2v) is 9.40. The maximum absolute atomic E-state index is 15.2. The van der Waals surface area contributed by atoms with E-state index in [0.29, 0.717) is 42.0 Å². The van der Waals surface area contributed by atoms with Gasteiger partial charge in [-0.2, -0.15) is 5.10 Å². The third kappa shape index (κ3) is 5.60. The summed E-state index contributed by atoms with van der Waals surface area (Å²) in [5.74, 6) is -2.55. The van der Waals surface area contributed by atoms with Crippen molar-refractivity contribution in [3.8, 4) is 17.1 Å². The molecule has 1 aromatic carbocycles. The lowest BCUT2D eigenvalue weighted by Gasteiger charge is -2.35. The number of aryl methyl sites for hydroxylation is 2. The van der Waals surface area contributed by atoms with Crippen molar-refractivity contribution in [1.82, 2.24) is 14.8 Å². The van der Waals surface area contributed by atoms with Gasteiger partial charge in [0, 0.05) is 12.7 Å². The minimum atomic E-state index is -0.908. The summed E-state index contributed by atoms with van der Waals surface area (Å²) in [6.07, 6.45) is 6.28. The third-order valence-electron chi connectivity index (χ3n) is 7.01. The summed E-state index contributed by atoms with van der Waals surface area (Å²) in [5, 5.41) is 7.17. The lowest BCUT2D eigenvalue weighted by molar-refractivity contribution is -0.121. The van der Waals surface area contributed by atoms with Gasteiger partial charge in [0.2, 0.25) is 11.8 Å². The van der Waals surface area contributed by atoms with Gasteiger partial charge in [-0.25, -0.2) is 8.78 Å². The number of carbonyl (C=O) groups excluding carboxylic acids is 2. The number of ether oxygens (including phenoxy) is 1. The number of hydrogen-bond acceptors (Lipinski definition) is 5. The van der Waals surface area contributed by atoms with Crippen molar-refractivity contribution >= 4 is 23.2 Å². The number of carbonyl (C=O) groups is 2. The van der Waals surface area contributed by atoms with E-state index in [9.17, 15) is 9.59 Å². The summed E-state index contributed by atoms with van der Waals surface area (Å²) in [4.78, 5) is 31.6. The molecular formula is C31H39F2N5O3.